The van der Waals surface area contributed by atoms with Crippen LogP contribution in [0.5, 0.6) is 0 Å². The first-order valence-electron chi connectivity index (χ1n) is 11.6. The number of sulfonamides is 1. The van der Waals surface area contributed by atoms with Crippen molar-refractivity contribution < 1.29 is 13.2 Å². The maximum atomic E-state index is 12.4. The van der Waals surface area contributed by atoms with Gasteiger partial charge in [0.1, 0.15) is 11.3 Å². The molecule has 0 radical (unpaired) electrons. The molecule has 4 aromatic rings. The Morgan fingerprint density at radius 1 is 1.03 bits per heavy atom. The van der Waals surface area contributed by atoms with E-state index in [4.69, 9.17) is 21.6 Å². The van der Waals surface area contributed by atoms with Gasteiger partial charge in [-0.05, 0) is 68.7 Å². The minimum absolute atomic E-state index is 0.0280. The fourth-order valence-electron chi connectivity index (χ4n) is 4.04. The second-order valence-electron chi connectivity index (χ2n) is 8.67. The Hall–Kier alpha value is -3.43. The number of nitrogens with one attached hydrogen (secondary N) is 2. The van der Waals surface area contributed by atoms with Crippen molar-refractivity contribution >= 4 is 38.8 Å². The monoisotopic (exact) mass is 525 g/mol. The number of hydrogen-bond acceptors (Lipinski definition) is 5. The van der Waals surface area contributed by atoms with Crippen LogP contribution in [0.1, 0.15) is 35.1 Å². The standard InChI is InChI=1S/C26H28ClN5O3S/c1-5-23-30-24-17(3)14-18(4)29-25(24)32(23)20-9-8-19(22(27)15-20)12-13-28-26(33)31-36(34,35)21-10-6-16(2)7-11-21/h6-11,14-15H,5,12-13H2,1-4H3,(H2,28,31,33). The smallest absolute Gasteiger partial charge is 0.328 e. The van der Waals surface area contributed by atoms with Crippen LogP contribution in [0, 0.1) is 20.8 Å². The normalized spacial score (nSPS) is 11.6. The minimum Gasteiger partial charge on any atom is -0.337 e. The number of amides is 2. The van der Waals surface area contributed by atoms with Gasteiger partial charge in [-0.15, -0.1) is 0 Å². The topological polar surface area (TPSA) is 106 Å². The highest BCUT2D eigenvalue weighted by Gasteiger charge is 2.18. The van der Waals surface area contributed by atoms with Crippen molar-refractivity contribution in [2.45, 2.75) is 45.4 Å². The fourth-order valence-corrected chi connectivity index (χ4v) is 5.24. The molecule has 0 aliphatic heterocycles. The van der Waals surface area contributed by atoms with Crippen molar-refractivity contribution in [1.29, 1.82) is 0 Å². The number of urea groups is 1. The summed E-state index contributed by atoms with van der Waals surface area (Å²) in [5, 5.41) is 3.12. The summed E-state index contributed by atoms with van der Waals surface area (Å²) in [7, 11) is -3.94. The molecule has 10 heteroatoms. The van der Waals surface area contributed by atoms with Crippen LogP contribution in [0.25, 0.3) is 16.9 Å². The van der Waals surface area contributed by atoms with E-state index in [1.165, 1.54) is 12.1 Å². The summed E-state index contributed by atoms with van der Waals surface area (Å²) < 4.78 is 28.8. The van der Waals surface area contributed by atoms with E-state index in [1.54, 1.807) is 12.1 Å². The molecule has 0 unspecified atom stereocenters. The van der Waals surface area contributed by atoms with E-state index >= 15 is 0 Å². The van der Waals surface area contributed by atoms with E-state index in [0.717, 1.165) is 51.5 Å². The molecule has 0 aliphatic rings. The van der Waals surface area contributed by atoms with Gasteiger partial charge in [-0.3, -0.25) is 4.57 Å². The van der Waals surface area contributed by atoms with Crippen LogP contribution in [-0.4, -0.2) is 35.5 Å². The average Bonchev–Trinajstić information content (AvgIpc) is 3.19. The zero-order valence-electron chi connectivity index (χ0n) is 20.6. The Kier molecular flexibility index (Phi) is 7.33. The van der Waals surface area contributed by atoms with Gasteiger partial charge in [0.15, 0.2) is 5.65 Å². The van der Waals surface area contributed by atoms with Gasteiger partial charge < -0.3 is 5.32 Å². The van der Waals surface area contributed by atoms with E-state index in [1.807, 2.05) is 61.2 Å². The van der Waals surface area contributed by atoms with Crippen LogP contribution in [-0.2, 0) is 22.9 Å². The molecule has 0 fully saturated rings. The molecule has 0 aliphatic carbocycles. The largest absolute Gasteiger partial charge is 0.337 e. The first-order valence-corrected chi connectivity index (χ1v) is 13.5. The van der Waals surface area contributed by atoms with Gasteiger partial charge in [-0.2, -0.15) is 0 Å². The number of nitrogens with zero attached hydrogens (tertiary/aromatic N) is 3. The minimum atomic E-state index is -3.94. The second kappa shape index (κ2) is 10.3. The molecule has 2 N–H and O–H groups in total. The highest BCUT2D eigenvalue weighted by molar-refractivity contribution is 7.90. The molecule has 0 atom stereocenters. The molecule has 188 valence electrons. The number of aromatic nitrogens is 3. The lowest BCUT2D eigenvalue weighted by Crippen LogP contribution is -2.40. The maximum Gasteiger partial charge on any atom is 0.328 e. The second-order valence-corrected chi connectivity index (χ2v) is 10.8. The molecule has 0 bridgehead atoms. The SMILES string of the molecule is CCc1nc2c(C)cc(C)nc2n1-c1ccc(CCNC(=O)NS(=O)(=O)c2ccc(C)cc2)c(Cl)c1. The van der Waals surface area contributed by atoms with Gasteiger partial charge in [0.2, 0.25) is 0 Å². The molecule has 36 heavy (non-hydrogen) atoms. The summed E-state index contributed by atoms with van der Waals surface area (Å²) in [6, 6.07) is 13.2. The Bertz CT molecular complexity index is 1550. The first kappa shape index (κ1) is 25.7. The van der Waals surface area contributed by atoms with E-state index < -0.39 is 16.1 Å². The molecular weight excluding hydrogens is 498 g/mol. The van der Waals surface area contributed by atoms with Gasteiger partial charge >= 0.3 is 6.03 Å². The number of carbonyl (C=O) groups excluding carboxylic acids is 1. The lowest BCUT2D eigenvalue weighted by molar-refractivity contribution is 0.246. The molecule has 0 saturated heterocycles. The Morgan fingerprint density at radius 3 is 2.42 bits per heavy atom. The van der Waals surface area contributed by atoms with Crippen molar-refractivity contribution in [2.75, 3.05) is 6.54 Å². The summed E-state index contributed by atoms with van der Waals surface area (Å²) in [5.41, 5.74) is 6.26. The van der Waals surface area contributed by atoms with Crippen LogP contribution in [0.4, 0.5) is 4.79 Å². The predicted molar refractivity (Wildman–Crippen MR) is 141 cm³/mol. The zero-order valence-corrected chi connectivity index (χ0v) is 22.2. The van der Waals surface area contributed by atoms with Crippen LogP contribution >= 0.6 is 11.6 Å². The number of carbonyl (C=O) groups is 1. The van der Waals surface area contributed by atoms with Crippen LogP contribution in [0.2, 0.25) is 5.02 Å². The highest BCUT2D eigenvalue weighted by Crippen LogP contribution is 2.27. The number of hydrogen-bond donors (Lipinski definition) is 2. The average molecular weight is 526 g/mol. The predicted octanol–water partition coefficient (Wildman–Crippen LogP) is 4.79. The van der Waals surface area contributed by atoms with Gasteiger partial charge in [-0.25, -0.2) is 27.9 Å². The summed E-state index contributed by atoms with van der Waals surface area (Å²) in [6.07, 6.45) is 1.16. The Labute approximate surface area is 215 Å². The van der Waals surface area contributed by atoms with Crippen molar-refractivity contribution in [3.8, 4) is 5.69 Å². The number of pyridine rings is 1. The third-order valence-electron chi connectivity index (χ3n) is 5.85. The Morgan fingerprint density at radius 2 is 1.75 bits per heavy atom. The number of benzene rings is 2. The van der Waals surface area contributed by atoms with Crippen molar-refractivity contribution in [3.63, 3.8) is 0 Å². The maximum absolute atomic E-state index is 12.4. The first-order chi connectivity index (χ1) is 17.1. The van der Waals surface area contributed by atoms with Crippen LogP contribution in [0.3, 0.4) is 0 Å². The molecular formula is C26H28ClN5O3S. The number of imidazole rings is 1. The summed E-state index contributed by atoms with van der Waals surface area (Å²) >= 11 is 6.59. The molecule has 0 saturated carbocycles. The van der Waals surface area contributed by atoms with Gasteiger partial charge in [-0.1, -0.05) is 42.3 Å². The lowest BCUT2D eigenvalue weighted by atomic mass is 10.1. The van der Waals surface area contributed by atoms with Crippen LogP contribution in [0.15, 0.2) is 53.4 Å². The molecule has 4 rings (SSSR count). The molecule has 8 nitrogen and oxygen atoms in total. The van der Waals surface area contributed by atoms with Crippen molar-refractivity contribution in [2.24, 2.45) is 0 Å². The summed E-state index contributed by atoms with van der Waals surface area (Å²) in [6.45, 7) is 8.10. The van der Waals surface area contributed by atoms with Gasteiger partial charge in [0.25, 0.3) is 10.0 Å². The molecule has 2 amide bonds. The third kappa shape index (κ3) is 5.37. The zero-order chi connectivity index (χ0) is 26.0. The number of fused-ring (bicyclic) bond motifs is 1. The van der Waals surface area contributed by atoms with Gasteiger partial charge in [0, 0.05) is 23.7 Å². The van der Waals surface area contributed by atoms with E-state index in [2.05, 4.69) is 5.32 Å². The van der Waals surface area contributed by atoms with E-state index in [9.17, 15) is 13.2 Å². The molecule has 0 spiro atoms. The van der Waals surface area contributed by atoms with Gasteiger partial charge in [0.05, 0.1) is 10.6 Å². The Balaban J connectivity index is 1.45. The third-order valence-corrected chi connectivity index (χ3v) is 7.55. The van der Waals surface area contributed by atoms with Crippen molar-refractivity contribution in [3.05, 3.63) is 81.8 Å². The number of rotatable bonds is 7. The number of halogens is 1. The quantitative estimate of drug-likeness (QED) is 0.361. The highest BCUT2D eigenvalue weighted by atomic mass is 35.5. The number of aryl methyl sites for hydroxylation is 4. The van der Waals surface area contributed by atoms with E-state index in [0.29, 0.717) is 11.4 Å². The van der Waals surface area contributed by atoms with Crippen molar-refractivity contribution in [1.82, 2.24) is 24.6 Å². The fraction of sp³-hybridized carbons (Fsp3) is 0.269. The molecule has 2 aromatic carbocycles. The lowest BCUT2D eigenvalue weighted by Gasteiger charge is -2.12. The summed E-state index contributed by atoms with van der Waals surface area (Å²) in [4.78, 5) is 21.7. The van der Waals surface area contributed by atoms with Crippen LogP contribution < -0.4 is 10.0 Å². The molecule has 2 aromatic heterocycles. The molecule has 2 heterocycles. The van der Waals surface area contributed by atoms with E-state index in [-0.39, 0.29) is 11.4 Å². The summed E-state index contributed by atoms with van der Waals surface area (Å²) in [5.74, 6) is 0.892.